The molecule has 1 heterocycles. The second kappa shape index (κ2) is 3.27. The highest BCUT2D eigenvalue weighted by Crippen LogP contribution is 2.27. The normalized spacial score (nSPS) is 10.3. The van der Waals surface area contributed by atoms with Crippen LogP contribution in [0.3, 0.4) is 0 Å². The van der Waals surface area contributed by atoms with E-state index >= 15 is 0 Å². The molecule has 0 amide bonds. The number of aromatic nitrogens is 2. The third kappa shape index (κ3) is 1.36. The van der Waals surface area contributed by atoms with E-state index < -0.39 is 0 Å². The number of rotatable bonds is 1. The molecule has 0 atom stereocenters. The number of hydrogen-bond donors (Lipinski definition) is 2. The van der Waals surface area contributed by atoms with Gasteiger partial charge in [0.2, 0.25) is 0 Å². The number of nitrogens with one attached hydrogen (secondary N) is 1. The predicted molar refractivity (Wildman–Crippen MR) is 55.0 cm³/mol. The van der Waals surface area contributed by atoms with Crippen molar-refractivity contribution in [1.82, 2.24) is 9.97 Å². The van der Waals surface area contributed by atoms with E-state index in [2.05, 4.69) is 31.3 Å². The SMILES string of the molecule is NNc1ccc2nccnc2c1Br. The van der Waals surface area contributed by atoms with Gasteiger partial charge in [-0.15, -0.1) is 0 Å². The highest BCUT2D eigenvalue weighted by molar-refractivity contribution is 9.10. The predicted octanol–water partition coefficient (Wildman–Crippen LogP) is 1.68. The molecule has 66 valence electrons. The lowest BCUT2D eigenvalue weighted by atomic mass is 10.2. The molecule has 0 fully saturated rings. The summed E-state index contributed by atoms with van der Waals surface area (Å²) in [6.45, 7) is 0. The van der Waals surface area contributed by atoms with Gasteiger partial charge < -0.3 is 5.43 Å². The van der Waals surface area contributed by atoms with E-state index in [1.807, 2.05) is 12.1 Å². The van der Waals surface area contributed by atoms with E-state index in [0.29, 0.717) is 0 Å². The fourth-order valence-electron chi connectivity index (χ4n) is 1.11. The van der Waals surface area contributed by atoms with Crippen LogP contribution in [-0.4, -0.2) is 9.97 Å². The average Bonchev–Trinajstić information content (AvgIpc) is 2.19. The van der Waals surface area contributed by atoms with Gasteiger partial charge in [-0.1, -0.05) is 0 Å². The quantitative estimate of drug-likeness (QED) is 0.587. The van der Waals surface area contributed by atoms with Crippen LogP contribution >= 0.6 is 15.9 Å². The Morgan fingerprint density at radius 2 is 2.00 bits per heavy atom. The second-order valence-electron chi connectivity index (χ2n) is 2.50. The standard InChI is InChI=1S/C8H7BrN4/c9-7-5(13-10)1-2-6-8(7)12-4-3-11-6/h1-4,13H,10H2. The maximum absolute atomic E-state index is 5.31. The number of hydrazine groups is 1. The summed E-state index contributed by atoms with van der Waals surface area (Å²) in [6, 6.07) is 3.71. The van der Waals surface area contributed by atoms with Gasteiger partial charge in [-0.2, -0.15) is 0 Å². The molecule has 0 bridgehead atoms. The molecule has 4 nitrogen and oxygen atoms in total. The maximum Gasteiger partial charge on any atom is 0.105 e. The molecular weight excluding hydrogens is 232 g/mol. The van der Waals surface area contributed by atoms with E-state index in [0.717, 1.165) is 21.2 Å². The van der Waals surface area contributed by atoms with Crippen molar-refractivity contribution in [3.05, 3.63) is 29.0 Å². The van der Waals surface area contributed by atoms with E-state index in [9.17, 15) is 0 Å². The number of nitrogens with zero attached hydrogens (tertiary/aromatic N) is 2. The van der Waals surface area contributed by atoms with Crippen LogP contribution in [-0.2, 0) is 0 Å². The molecule has 0 aliphatic heterocycles. The lowest BCUT2D eigenvalue weighted by molar-refractivity contribution is 1.27. The zero-order chi connectivity index (χ0) is 9.26. The molecule has 0 aliphatic rings. The van der Waals surface area contributed by atoms with Crippen molar-refractivity contribution in [3.63, 3.8) is 0 Å². The Morgan fingerprint density at radius 3 is 2.77 bits per heavy atom. The molecule has 5 heteroatoms. The molecule has 0 spiro atoms. The monoisotopic (exact) mass is 238 g/mol. The third-order valence-electron chi connectivity index (χ3n) is 1.73. The Kier molecular flexibility index (Phi) is 2.12. The number of nitrogens with two attached hydrogens (primary N) is 1. The first-order valence-corrected chi connectivity index (χ1v) is 4.48. The zero-order valence-corrected chi connectivity index (χ0v) is 8.25. The summed E-state index contributed by atoms with van der Waals surface area (Å²) in [7, 11) is 0. The third-order valence-corrected chi connectivity index (χ3v) is 2.54. The van der Waals surface area contributed by atoms with Gasteiger partial charge in [0.15, 0.2) is 0 Å². The molecule has 2 rings (SSSR count). The molecular formula is C8H7BrN4. The molecule has 1 aromatic heterocycles. The number of nitrogen functional groups attached to an aromatic ring is 1. The van der Waals surface area contributed by atoms with Gasteiger partial charge in [0.1, 0.15) is 5.52 Å². The lowest BCUT2D eigenvalue weighted by Crippen LogP contribution is -2.07. The van der Waals surface area contributed by atoms with Gasteiger partial charge in [0.25, 0.3) is 0 Å². The van der Waals surface area contributed by atoms with Crippen LogP contribution in [0.5, 0.6) is 0 Å². The summed E-state index contributed by atoms with van der Waals surface area (Å²) in [5.74, 6) is 5.31. The molecule has 3 N–H and O–H groups in total. The Balaban J connectivity index is 2.79. The van der Waals surface area contributed by atoms with Crippen LogP contribution in [0.25, 0.3) is 11.0 Å². The highest BCUT2D eigenvalue weighted by Gasteiger charge is 2.04. The Morgan fingerprint density at radius 1 is 1.23 bits per heavy atom. The minimum Gasteiger partial charge on any atom is -0.323 e. The number of hydrogen-bond acceptors (Lipinski definition) is 4. The van der Waals surface area contributed by atoms with Crippen molar-refractivity contribution >= 4 is 32.7 Å². The minimum absolute atomic E-state index is 0.799. The molecule has 2 aromatic rings. The average molecular weight is 239 g/mol. The molecule has 0 saturated carbocycles. The molecule has 13 heavy (non-hydrogen) atoms. The topological polar surface area (TPSA) is 63.8 Å². The van der Waals surface area contributed by atoms with E-state index in [-0.39, 0.29) is 0 Å². The molecule has 0 saturated heterocycles. The largest absolute Gasteiger partial charge is 0.323 e. The number of fused-ring (bicyclic) bond motifs is 1. The van der Waals surface area contributed by atoms with Crippen LogP contribution in [0, 0.1) is 0 Å². The van der Waals surface area contributed by atoms with Gasteiger partial charge in [-0.05, 0) is 28.1 Å². The van der Waals surface area contributed by atoms with Crippen molar-refractivity contribution in [2.24, 2.45) is 5.84 Å². The zero-order valence-electron chi connectivity index (χ0n) is 6.66. The van der Waals surface area contributed by atoms with Crippen LogP contribution in [0.1, 0.15) is 0 Å². The fourth-order valence-corrected chi connectivity index (χ4v) is 1.67. The second-order valence-corrected chi connectivity index (χ2v) is 3.29. The van der Waals surface area contributed by atoms with E-state index in [1.165, 1.54) is 0 Å². The van der Waals surface area contributed by atoms with Gasteiger partial charge in [-0.25, -0.2) is 0 Å². The van der Waals surface area contributed by atoms with Crippen molar-refractivity contribution < 1.29 is 0 Å². The highest BCUT2D eigenvalue weighted by atomic mass is 79.9. The Labute approximate surface area is 83.3 Å². The van der Waals surface area contributed by atoms with Crippen LogP contribution in [0.15, 0.2) is 29.0 Å². The Hall–Kier alpha value is -1.20. The van der Waals surface area contributed by atoms with Gasteiger partial charge in [0.05, 0.1) is 15.7 Å². The summed E-state index contributed by atoms with van der Waals surface area (Å²) >= 11 is 3.40. The fraction of sp³-hybridized carbons (Fsp3) is 0. The van der Waals surface area contributed by atoms with Gasteiger partial charge in [-0.3, -0.25) is 15.8 Å². The summed E-state index contributed by atoms with van der Waals surface area (Å²) in [6.07, 6.45) is 3.30. The van der Waals surface area contributed by atoms with Crippen LogP contribution in [0.4, 0.5) is 5.69 Å². The molecule has 0 aliphatic carbocycles. The van der Waals surface area contributed by atoms with Crippen molar-refractivity contribution in [3.8, 4) is 0 Å². The first-order valence-electron chi connectivity index (χ1n) is 3.69. The number of halogens is 1. The lowest BCUT2D eigenvalue weighted by Gasteiger charge is -2.04. The smallest absolute Gasteiger partial charge is 0.105 e. The van der Waals surface area contributed by atoms with Crippen molar-refractivity contribution in [2.45, 2.75) is 0 Å². The van der Waals surface area contributed by atoms with Gasteiger partial charge in [0, 0.05) is 12.4 Å². The number of anilines is 1. The number of benzene rings is 1. The molecule has 0 unspecified atom stereocenters. The maximum atomic E-state index is 5.31. The van der Waals surface area contributed by atoms with E-state index in [4.69, 9.17) is 5.84 Å². The van der Waals surface area contributed by atoms with Crippen LogP contribution in [0.2, 0.25) is 0 Å². The van der Waals surface area contributed by atoms with Crippen molar-refractivity contribution in [1.29, 1.82) is 0 Å². The first-order chi connectivity index (χ1) is 6.33. The first kappa shape index (κ1) is 8.40. The summed E-state index contributed by atoms with van der Waals surface area (Å²) < 4.78 is 0.834. The molecule has 1 aromatic carbocycles. The van der Waals surface area contributed by atoms with Crippen molar-refractivity contribution in [2.75, 3.05) is 5.43 Å². The van der Waals surface area contributed by atoms with E-state index in [1.54, 1.807) is 12.4 Å². The summed E-state index contributed by atoms with van der Waals surface area (Å²) in [5, 5.41) is 0. The summed E-state index contributed by atoms with van der Waals surface area (Å²) in [4.78, 5) is 8.34. The Bertz CT molecular complexity index is 443. The minimum atomic E-state index is 0.799. The summed E-state index contributed by atoms with van der Waals surface area (Å²) in [5.41, 5.74) is 5.02. The molecule has 0 radical (unpaired) electrons. The van der Waals surface area contributed by atoms with Crippen LogP contribution < -0.4 is 11.3 Å². The van der Waals surface area contributed by atoms with Gasteiger partial charge >= 0.3 is 0 Å².